The number of aliphatic carboxylic acids is 1. The zero-order chi connectivity index (χ0) is 16.7. The van der Waals surface area contributed by atoms with Crippen molar-refractivity contribution in [1.82, 2.24) is 4.90 Å². The van der Waals surface area contributed by atoms with E-state index in [9.17, 15) is 31.5 Å². The number of likely N-dealkylation sites (N-methyl/N-ethyl adjacent to an activating group) is 1. The Morgan fingerprint density at radius 3 is 1.57 bits per heavy atom. The Morgan fingerprint density at radius 2 is 1.24 bits per heavy atom. The lowest BCUT2D eigenvalue weighted by Gasteiger charge is -2.31. The van der Waals surface area contributed by atoms with E-state index in [-0.39, 0.29) is 0 Å². The molecule has 0 atom stereocenters. The second-order valence-electron chi connectivity index (χ2n) is 4.67. The molecule has 1 aromatic carbocycles. The quantitative estimate of drug-likeness (QED) is 0.529. The molecule has 0 unspecified atom stereocenters. The van der Waals surface area contributed by atoms with Crippen molar-refractivity contribution >= 4 is 11.9 Å². The fourth-order valence-electron chi connectivity index (χ4n) is 1.36. The number of hydrogen-bond donors (Lipinski definition) is 1. The lowest BCUT2D eigenvalue weighted by Crippen LogP contribution is -2.51. The molecule has 0 saturated carbocycles. The summed E-state index contributed by atoms with van der Waals surface area (Å²) in [4.78, 5) is 23.2. The van der Waals surface area contributed by atoms with Crippen LogP contribution in [0.4, 0.5) is 22.0 Å². The Hall–Kier alpha value is -2.19. The summed E-state index contributed by atoms with van der Waals surface area (Å²) in [6.45, 7) is 2.05. The second kappa shape index (κ2) is 5.30. The summed E-state index contributed by atoms with van der Waals surface area (Å²) in [5, 5.41) is 8.91. The van der Waals surface area contributed by atoms with Crippen molar-refractivity contribution in [3.8, 4) is 0 Å². The van der Waals surface area contributed by atoms with Gasteiger partial charge in [0.1, 0.15) is 11.1 Å². The molecule has 0 aromatic heterocycles. The molecule has 9 heteroatoms. The molecule has 0 aliphatic heterocycles. The third-order valence-electron chi connectivity index (χ3n) is 3.09. The Balaban J connectivity index is 3.49. The van der Waals surface area contributed by atoms with Gasteiger partial charge in [-0.05, 0) is 13.8 Å². The summed E-state index contributed by atoms with van der Waals surface area (Å²) in [6.07, 6.45) is 0. The normalized spacial score (nSPS) is 11.4. The number of benzene rings is 1. The lowest BCUT2D eigenvalue weighted by atomic mass is 10.0. The van der Waals surface area contributed by atoms with Crippen molar-refractivity contribution in [3.05, 3.63) is 34.6 Å². The fraction of sp³-hybridized carbons (Fsp3) is 0.333. The first-order valence-electron chi connectivity index (χ1n) is 5.47. The summed E-state index contributed by atoms with van der Waals surface area (Å²) in [5.74, 6) is -14.8. The molecule has 0 aliphatic carbocycles. The third-order valence-corrected chi connectivity index (χ3v) is 3.09. The monoisotopic (exact) mass is 311 g/mol. The van der Waals surface area contributed by atoms with Crippen molar-refractivity contribution in [2.24, 2.45) is 0 Å². The average molecular weight is 311 g/mol. The Bertz CT molecular complexity index is 601. The SMILES string of the molecule is CN(C(=O)c1c(F)c(F)c(F)c(F)c1F)C(C)(C)C(=O)O. The van der Waals surface area contributed by atoms with Gasteiger partial charge in [-0.3, -0.25) is 4.79 Å². The molecule has 116 valence electrons. The molecule has 0 spiro atoms. The van der Waals surface area contributed by atoms with Crippen LogP contribution in [0.5, 0.6) is 0 Å². The highest BCUT2D eigenvalue weighted by Crippen LogP contribution is 2.26. The standard InChI is InChI=1S/C12H10F5NO3/c1-12(2,11(20)21)18(3)10(19)4-5(13)7(15)9(17)8(16)6(4)14/h1-3H3,(H,20,21). The first kappa shape index (κ1) is 16.9. The number of carboxylic acid groups (broad SMARTS) is 1. The summed E-state index contributed by atoms with van der Waals surface area (Å²) in [7, 11) is 0.870. The van der Waals surface area contributed by atoms with Gasteiger partial charge in [0.15, 0.2) is 23.3 Å². The topological polar surface area (TPSA) is 57.6 Å². The maximum absolute atomic E-state index is 13.5. The summed E-state index contributed by atoms with van der Waals surface area (Å²) < 4.78 is 65.9. The van der Waals surface area contributed by atoms with E-state index in [2.05, 4.69) is 0 Å². The van der Waals surface area contributed by atoms with Gasteiger partial charge in [0.25, 0.3) is 5.91 Å². The van der Waals surface area contributed by atoms with Gasteiger partial charge in [0, 0.05) is 7.05 Å². The molecule has 0 heterocycles. The van der Waals surface area contributed by atoms with E-state index in [0.29, 0.717) is 4.90 Å². The number of amides is 1. The van der Waals surface area contributed by atoms with Gasteiger partial charge in [0.2, 0.25) is 5.82 Å². The molecular weight excluding hydrogens is 301 g/mol. The zero-order valence-electron chi connectivity index (χ0n) is 11.1. The minimum absolute atomic E-state index is 0.369. The second-order valence-corrected chi connectivity index (χ2v) is 4.67. The van der Waals surface area contributed by atoms with E-state index >= 15 is 0 Å². The van der Waals surface area contributed by atoms with Crippen LogP contribution >= 0.6 is 0 Å². The van der Waals surface area contributed by atoms with Gasteiger partial charge in [-0.15, -0.1) is 0 Å². The van der Waals surface area contributed by atoms with Gasteiger partial charge >= 0.3 is 5.97 Å². The van der Waals surface area contributed by atoms with Crippen molar-refractivity contribution in [2.45, 2.75) is 19.4 Å². The third kappa shape index (κ3) is 2.55. The Kier molecular flexibility index (Phi) is 4.26. The van der Waals surface area contributed by atoms with E-state index in [4.69, 9.17) is 5.11 Å². The molecule has 4 nitrogen and oxygen atoms in total. The molecule has 0 saturated heterocycles. The van der Waals surface area contributed by atoms with E-state index in [1.807, 2.05) is 0 Å². The number of carbonyl (C=O) groups excluding carboxylic acids is 1. The van der Waals surface area contributed by atoms with Gasteiger partial charge in [-0.1, -0.05) is 0 Å². The first-order valence-corrected chi connectivity index (χ1v) is 5.47. The maximum Gasteiger partial charge on any atom is 0.329 e. The molecule has 1 aromatic rings. The van der Waals surface area contributed by atoms with E-state index < -0.39 is 52.1 Å². The van der Waals surface area contributed by atoms with Crippen LogP contribution in [0.3, 0.4) is 0 Å². The lowest BCUT2D eigenvalue weighted by molar-refractivity contribution is -0.147. The number of carbonyl (C=O) groups is 2. The summed E-state index contributed by atoms with van der Waals surface area (Å²) >= 11 is 0. The van der Waals surface area contributed by atoms with Crippen LogP contribution in [0.15, 0.2) is 0 Å². The van der Waals surface area contributed by atoms with Crippen LogP contribution in [0.1, 0.15) is 24.2 Å². The van der Waals surface area contributed by atoms with Crippen LogP contribution < -0.4 is 0 Å². The minimum atomic E-state index is -2.40. The highest BCUT2D eigenvalue weighted by molar-refractivity contribution is 5.98. The van der Waals surface area contributed by atoms with E-state index in [0.717, 1.165) is 20.9 Å². The first-order chi connectivity index (χ1) is 9.44. The van der Waals surface area contributed by atoms with Crippen LogP contribution in [0.25, 0.3) is 0 Å². The maximum atomic E-state index is 13.5. The number of carboxylic acids is 1. The number of rotatable bonds is 3. The van der Waals surface area contributed by atoms with Gasteiger partial charge in [0.05, 0.1) is 0 Å². The number of hydrogen-bond acceptors (Lipinski definition) is 2. The molecule has 0 aliphatic rings. The predicted octanol–water partition coefficient (Wildman–Crippen LogP) is 2.32. The van der Waals surface area contributed by atoms with E-state index in [1.54, 1.807) is 0 Å². The average Bonchev–Trinajstić information content (AvgIpc) is 2.41. The van der Waals surface area contributed by atoms with Crippen molar-refractivity contribution < 1.29 is 36.6 Å². The Labute approximate surface area is 115 Å². The highest BCUT2D eigenvalue weighted by atomic mass is 19.2. The molecule has 1 amide bonds. The van der Waals surface area contributed by atoms with Crippen LogP contribution in [0.2, 0.25) is 0 Å². The summed E-state index contributed by atoms with van der Waals surface area (Å²) in [5.41, 5.74) is -3.62. The number of halogens is 5. The molecular formula is C12H10F5NO3. The molecule has 0 fully saturated rings. The predicted molar refractivity (Wildman–Crippen MR) is 60.0 cm³/mol. The molecule has 21 heavy (non-hydrogen) atoms. The molecule has 0 radical (unpaired) electrons. The van der Waals surface area contributed by atoms with Gasteiger partial charge in [-0.25, -0.2) is 26.7 Å². The fourth-order valence-corrected chi connectivity index (χ4v) is 1.36. The van der Waals surface area contributed by atoms with Gasteiger partial charge in [-0.2, -0.15) is 0 Å². The van der Waals surface area contributed by atoms with Crippen molar-refractivity contribution in [1.29, 1.82) is 0 Å². The van der Waals surface area contributed by atoms with Crippen LogP contribution in [-0.4, -0.2) is 34.5 Å². The largest absolute Gasteiger partial charge is 0.480 e. The van der Waals surface area contributed by atoms with Crippen molar-refractivity contribution in [2.75, 3.05) is 7.05 Å². The van der Waals surface area contributed by atoms with Crippen LogP contribution in [-0.2, 0) is 4.79 Å². The Morgan fingerprint density at radius 1 is 0.905 bits per heavy atom. The minimum Gasteiger partial charge on any atom is -0.480 e. The van der Waals surface area contributed by atoms with Crippen molar-refractivity contribution in [3.63, 3.8) is 0 Å². The smallest absolute Gasteiger partial charge is 0.329 e. The van der Waals surface area contributed by atoms with Gasteiger partial charge < -0.3 is 10.0 Å². The highest BCUT2D eigenvalue weighted by Gasteiger charge is 2.39. The zero-order valence-corrected chi connectivity index (χ0v) is 11.1. The molecule has 1 rings (SSSR count). The summed E-state index contributed by atoms with van der Waals surface area (Å²) in [6, 6.07) is 0. The van der Waals surface area contributed by atoms with Crippen LogP contribution in [0, 0.1) is 29.1 Å². The van der Waals surface area contributed by atoms with E-state index in [1.165, 1.54) is 0 Å². The number of nitrogens with zero attached hydrogens (tertiary/aromatic N) is 1. The molecule has 1 N–H and O–H groups in total. The molecule has 0 bridgehead atoms.